The predicted octanol–water partition coefficient (Wildman–Crippen LogP) is 2.75. The molecule has 0 fully saturated rings. The highest BCUT2D eigenvalue weighted by Crippen LogP contribution is 2.30. The fourth-order valence-electron chi connectivity index (χ4n) is 4.30. The molecule has 3 aromatic carbocycles. The van der Waals surface area contributed by atoms with Gasteiger partial charge in [-0.3, -0.25) is 14.4 Å². The molecule has 1 aliphatic rings. The third-order valence-corrected chi connectivity index (χ3v) is 8.06. The van der Waals surface area contributed by atoms with Crippen LogP contribution in [0.5, 0.6) is 0 Å². The molecular formula is C27H26FN3O5S. The lowest BCUT2D eigenvalue weighted by Gasteiger charge is -2.31. The monoisotopic (exact) mass is 523 g/mol. The van der Waals surface area contributed by atoms with Gasteiger partial charge >= 0.3 is 0 Å². The molecular weight excluding hydrogens is 497 g/mol. The Morgan fingerprint density at radius 2 is 1.59 bits per heavy atom. The number of nitrogens with zero attached hydrogens (tertiary/aromatic N) is 2. The second kappa shape index (κ2) is 10.9. The van der Waals surface area contributed by atoms with Gasteiger partial charge in [0.15, 0.2) is 0 Å². The maximum atomic E-state index is 13.6. The van der Waals surface area contributed by atoms with Gasteiger partial charge in [-0.2, -0.15) is 0 Å². The Balaban J connectivity index is 1.61. The normalized spacial score (nSPS) is 14.6. The van der Waals surface area contributed by atoms with Crippen molar-refractivity contribution >= 4 is 27.7 Å². The molecule has 3 aromatic rings. The summed E-state index contributed by atoms with van der Waals surface area (Å²) in [7, 11) is -2.61. The zero-order chi connectivity index (χ0) is 26.6. The van der Waals surface area contributed by atoms with Gasteiger partial charge in [0.2, 0.25) is 11.8 Å². The third-order valence-electron chi connectivity index (χ3n) is 6.22. The Labute approximate surface area is 214 Å². The molecule has 4 rings (SSSR count). The van der Waals surface area contributed by atoms with E-state index in [0.29, 0.717) is 9.87 Å². The summed E-state index contributed by atoms with van der Waals surface area (Å²) in [5.41, 5.74) is 1.47. The Hall–Kier alpha value is -4.05. The zero-order valence-corrected chi connectivity index (χ0v) is 20.9. The molecule has 1 atom stereocenters. The first-order valence-corrected chi connectivity index (χ1v) is 13.1. The molecule has 0 aliphatic carbocycles. The van der Waals surface area contributed by atoms with Gasteiger partial charge < -0.3 is 10.2 Å². The van der Waals surface area contributed by atoms with E-state index in [4.69, 9.17) is 0 Å². The molecule has 3 amide bonds. The highest BCUT2D eigenvalue weighted by molar-refractivity contribution is 7.90. The van der Waals surface area contributed by atoms with E-state index in [1.807, 2.05) is 30.3 Å². The van der Waals surface area contributed by atoms with Gasteiger partial charge in [-0.15, -0.1) is 0 Å². The van der Waals surface area contributed by atoms with Crippen molar-refractivity contribution in [2.24, 2.45) is 0 Å². The molecule has 1 N–H and O–H groups in total. The van der Waals surface area contributed by atoms with Crippen molar-refractivity contribution in [3.05, 3.63) is 101 Å². The molecule has 0 saturated heterocycles. The van der Waals surface area contributed by atoms with Crippen LogP contribution in [0.15, 0.2) is 83.8 Å². The number of carbonyl (C=O) groups is 3. The standard InChI is InChI=1S/C27H26FN3O5S/c1-29-26(33)23(17-19-7-3-2-4-8-19)30(18-20-11-13-21(28)14-12-20)25(32)15-16-31-27(34)22-9-5-6-10-24(22)37(31,35)36/h2-14,23H,15-18H2,1H3,(H,29,33)/t23-/m1/s1. The van der Waals surface area contributed by atoms with Crippen LogP contribution in [0.25, 0.3) is 0 Å². The summed E-state index contributed by atoms with van der Waals surface area (Å²) < 4.78 is 40.0. The second-order valence-electron chi connectivity index (χ2n) is 8.60. The van der Waals surface area contributed by atoms with E-state index in [9.17, 15) is 27.2 Å². The highest BCUT2D eigenvalue weighted by atomic mass is 32.2. The summed E-state index contributed by atoms with van der Waals surface area (Å²) in [6.07, 6.45) is -0.123. The summed E-state index contributed by atoms with van der Waals surface area (Å²) in [4.78, 5) is 40.5. The third kappa shape index (κ3) is 5.54. The van der Waals surface area contributed by atoms with E-state index in [-0.39, 0.29) is 36.4 Å². The quantitative estimate of drug-likeness (QED) is 0.465. The van der Waals surface area contributed by atoms with Crippen LogP contribution < -0.4 is 5.32 Å². The number of likely N-dealkylation sites (N-methyl/N-ethyl adjacent to an activating group) is 1. The van der Waals surface area contributed by atoms with E-state index >= 15 is 0 Å². The summed E-state index contributed by atoms with van der Waals surface area (Å²) >= 11 is 0. The summed E-state index contributed by atoms with van der Waals surface area (Å²) in [6.45, 7) is -0.384. The Kier molecular flexibility index (Phi) is 7.68. The predicted molar refractivity (Wildman–Crippen MR) is 134 cm³/mol. The minimum absolute atomic E-state index is 0.00897. The lowest BCUT2D eigenvalue weighted by Crippen LogP contribution is -2.50. The lowest BCUT2D eigenvalue weighted by molar-refractivity contribution is -0.141. The molecule has 8 nitrogen and oxygen atoms in total. The molecule has 0 unspecified atom stereocenters. The summed E-state index contributed by atoms with van der Waals surface area (Å²) in [5.74, 6) is -2.06. The van der Waals surface area contributed by atoms with Crippen molar-refractivity contribution in [3.63, 3.8) is 0 Å². The van der Waals surface area contributed by atoms with Crippen molar-refractivity contribution in [3.8, 4) is 0 Å². The molecule has 0 spiro atoms. The Morgan fingerprint density at radius 1 is 0.946 bits per heavy atom. The van der Waals surface area contributed by atoms with Crippen LogP contribution in [0.1, 0.15) is 27.9 Å². The fraction of sp³-hybridized carbons (Fsp3) is 0.222. The molecule has 10 heteroatoms. The van der Waals surface area contributed by atoms with E-state index < -0.39 is 39.6 Å². The number of carbonyl (C=O) groups excluding carboxylic acids is 3. The van der Waals surface area contributed by atoms with Crippen molar-refractivity contribution in [2.45, 2.75) is 30.3 Å². The van der Waals surface area contributed by atoms with Crippen molar-refractivity contribution < 1.29 is 27.2 Å². The van der Waals surface area contributed by atoms with Crippen LogP contribution in [0.3, 0.4) is 0 Å². The first kappa shape index (κ1) is 26.0. The van der Waals surface area contributed by atoms with Crippen LogP contribution in [-0.2, 0) is 32.6 Å². The van der Waals surface area contributed by atoms with Crippen LogP contribution in [-0.4, -0.2) is 55.0 Å². The molecule has 1 aliphatic heterocycles. The molecule has 0 saturated carbocycles. The minimum atomic E-state index is -4.08. The number of halogens is 1. The summed E-state index contributed by atoms with van der Waals surface area (Å²) in [5, 5.41) is 2.59. The first-order valence-electron chi connectivity index (χ1n) is 11.7. The van der Waals surface area contributed by atoms with Gasteiger partial charge in [0.05, 0.1) is 5.56 Å². The van der Waals surface area contributed by atoms with Crippen molar-refractivity contribution in [1.29, 1.82) is 0 Å². The van der Waals surface area contributed by atoms with Crippen LogP contribution in [0.4, 0.5) is 4.39 Å². The number of rotatable bonds is 9. The largest absolute Gasteiger partial charge is 0.357 e. The molecule has 192 valence electrons. The Bertz CT molecular complexity index is 1410. The van der Waals surface area contributed by atoms with Gasteiger partial charge in [-0.05, 0) is 35.4 Å². The van der Waals surface area contributed by atoms with Crippen molar-refractivity contribution in [1.82, 2.24) is 14.5 Å². The number of amides is 3. The van der Waals surface area contributed by atoms with E-state index in [0.717, 1.165) is 5.56 Å². The first-order chi connectivity index (χ1) is 17.7. The minimum Gasteiger partial charge on any atom is -0.357 e. The van der Waals surface area contributed by atoms with Gasteiger partial charge in [-0.25, -0.2) is 17.1 Å². The maximum Gasteiger partial charge on any atom is 0.269 e. The molecule has 0 aromatic heterocycles. The molecule has 0 radical (unpaired) electrons. The van der Waals surface area contributed by atoms with E-state index in [1.165, 1.54) is 54.4 Å². The SMILES string of the molecule is CNC(=O)[C@@H](Cc1ccccc1)N(Cc1ccc(F)cc1)C(=O)CCN1C(=O)c2ccccc2S1(=O)=O. The van der Waals surface area contributed by atoms with E-state index in [2.05, 4.69) is 5.32 Å². The van der Waals surface area contributed by atoms with E-state index in [1.54, 1.807) is 6.07 Å². The van der Waals surface area contributed by atoms with Gasteiger partial charge in [0.1, 0.15) is 16.8 Å². The van der Waals surface area contributed by atoms with Crippen LogP contribution in [0.2, 0.25) is 0 Å². The smallest absolute Gasteiger partial charge is 0.269 e. The van der Waals surface area contributed by atoms with Gasteiger partial charge in [-0.1, -0.05) is 54.6 Å². The molecule has 0 bridgehead atoms. The number of hydrogen-bond donors (Lipinski definition) is 1. The van der Waals surface area contributed by atoms with Crippen LogP contribution in [0, 0.1) is 5.82 Å². The topological polar surface area (TPSA) is 104 Å². The molecule has 1 heterocycles. The Morgan fingerprint density at radius 3 is 2.24 bits per heavy atom. The number of sulfonamides is 1. The number of hydrogen-bond acceptors (Lipinski definition) is 5. The van der Waals surface area contributed by atoms with Gasteiger partial charge in [0, 0.05) is 33.0 Å². The average Bonchev–Trinajstić information content (AvgIpc) is 3.10. The van der Waals surface area contributed by atoms with Crippen molar-refractivity contribution in [2.75, 3.05) is 13.6 Å². The number of nitrogens with one attached hydrogen (secondary N) is 1. The maximum absolute atomic E-state index is 13.6. The second-order valence-corrected chi connectivity index (χ2v) is 10.4. The zero-order valence-electron chi connectivity index (χ0n) is 20.1. The number of fused-ring (bicyclic) bond motifs is 1. The van der Waals surface area contributed by atoms with Crippen LogP contribution >= 0.6 is 0 Å². The molecule has 37 heavy (non-hydrogen) atoms. The average molecular weight is 524 g/mol. The number of benzene rings is 3. The fourth-order valence-corrected chi connectivity index (χ4v) is 5.87. The summed E-state index contributed by atoms with van der Waals surface area (Å²) in [6, 6.07) is 19.7. The highest BCUT2D eigenvalue weighted by Gasteiger charge is 2.41. The lowest BCUT2D eigenvalue weighted by atomic mass is 10.0. The van der Waals surface area contributed by atoms with Gasteiger partial charge in [0.25, 0.3) is 15.9 Å².